The van der Waals surface area contributed by atoms with Crippen molar-refractivity contribution in [2.45, 2.75) is 110 Å². The molecule has 0 bridgehead atoms. The molecule has 3 aromatic rings. The lowest BCUT2D eigenvalue weighted by Gasteiger charge is -2.46. The zero-order valence-electron chi connectivity index (χ0n) is 25.7. The van der Waals surface area contributed by atoms with Gasteiger partial charge in [0.2, 0.25) is 0 Å². The van der Waals surface area contributed by atoms with Gasteiger partial charge in [0.25, 0.3) is 0 Å². The van der Waals surface area contributed by atoms with E-state index in [1.54, 1.807) is 0 Å². The molecule has 1 saturated carbocycles. The van der Waals surface area contributed by atoms with Crippen LogP contribution in [0, 0.1) is 11.3 Å². The predicted octanol–water partition coefficient (Wildman–Crippen LogP) is 8.11. The highest BCUT2D eigenvalue weighted by Gasteiger charge is 2.48. The van der Waals surface area contributed by atoms with Gasteiger partial charge in [-0.3, -0.25) is 0 Å². The Bertz CT molecular complexity index is 1170. The third-order valence-corrected chi connectivity index (χ3v) is 8.81. The molecule has 0 spiro atoms. The monoisotopic (exact) mass is 572 g/mol. The van der Waals surface area contributed by atoms with Gasteiger partial charge in [0.1, 0.15) is 18.3 Å². The molecule has 5 heteroatoms. The zero-order valence-corrected chi connectivity index (χ0v) is 25.7. The Morgan fingerprint density at radius 3 is 1.48 bits per heavy atom. The Morgan fingerprint density at radius 2 is 1.02 bits per heavy atom. The average molecular weight is 573 g/mol. The third kappa shape index (κ3) is 8.52. The summed E-state index contributed by atoms with van der Waals surface area (Å²) in [6.45, 7) is 10.5. The summed E-state index contributed by atoms with van der Waals surface area (Å²) in [6, 6.07) is 30.8. The molecule has 5 atom stereocenters. The standard InChI is InChI=1S/C37H48O5/c1-27-33(38-24-28-14-8-5-9-15-28)34(39-25-29-16-10-6-11-17-29)35(40-26-30-18-12-7-13-19-30)36(41-27)42-32-22-20-31(21-23-32)37(2,3)4/h5-19,27,31-36H,20-26H2,1-4H3/t27-,31?,32?,33+,34+,35-,36-/m0/s1. The van der Waals surface area contributed by atoms with Gasteiger partial charge in [-0.2, -0.15) is 0 Å². The van der Waals surface area contributed by atoms with Crippen LogP contribution in [0.3, 0.4) is 0 Å². The molecule has 0 N–H and O–H groups in total. The molecule has 0 aromatic heterocycles. The molecule has 1 aliphatic carbocycles. The summed E-state index contributed by atoms with van der Waals surface area (Å²) in [7, 11) is 0. The zero-order chi connectivity index (χ0) is 29.4. The van der Waals surface area contributed by atoms with E-state index in [1.807, 2.05) is 54.6 Å². The van der Waals surface area contributed by atoms with E-state index in [0.717, 1.165) is 29.5 Å². The van der Waals surface area contributed by atoms with E-state index >= 15 is 0 Å². The van der Waals surface area contributed by atoms with E-state index in [2.05, 4.69) is 64.1 Å². The van der Waals surface area contributed by atoms with Gasteiger partial charge < -0.3 is 23.7 Å². The van der Waals surface area contributed by atoms with Crippen LogP contribution < -0.4 is 0 Å². The van der Waals surface area contributed by atoms with Crippen LogP contribution >= 0.6 is 0 Å². The maximum Gasteiger partial charge on any atom is 0.187 e. The fourth-order valence-corrected chi connectivity index (χ4v) is 6.23. The summed E-state index contributed by atoms with van der Waals surface area (Å²) in [4.78, 5) is 0. The van der Waals surface area contributed by atoms with Crippen molar-refractivity contribution in [2.75, 3.05) is 0 Å². The van der Waals surface area contributed by atoms with Gasteiger partial charge in [0.05, 0.1) is 32.0 Å². The fourth-order valence-electron chi connectivity index (χ4n) is 6.23. The lowest BCUT2D eigenvalue weighted by molar-refractivity contribution is -0.330. The lowest BCUT2D eigenvalue weighted by atomic mass is 9.72. The molecule has 42 heavy (non-hydrogen) atoms. The molecule has 5 nitrogen and oxygen atoms in total. The minimum Gasteiger partial charge on any atom is -0.368 e. The van der Waals surface area contributed by atoms with Crippen LogP contribution in [0.25, 0.3) is 0 Å². The summed E-state index contributed by atoms with van der Waals surface area (Å²) in [5.41, 5.74) is 3.64. The van der Waals surface area contributed by atoms with Crippen molar-refractivity contribution < 1.29 is 23.7 Å². The van der Waals surface area contributed by atoms with Crippen molar-refractivity contribution in [3.63, 3.8) is 0 Å². The fraction of sp³-hybridized carbons (Fsp3) is 0.514. The second-order valence-electron chi connectivity index (χ2n) is 13.0. The maximum absolute atomic E-state index is 6.78. The summed E-state index contributed by atoms with van der Waals surface area (Å²) in [5.74, 6) is 0.714. The Balaban J connectivity index is 1.36. The summed E-state index contributed by atoms with van der Waals surface area (Å²) in [5, 5.41) is 0. The van der Waals surface area contributed by atoms with Gasteiger partial charge in [0, 0.05) is 0 Å². The molecule has 226 valence electrons. The second kappa shape index (κ2) is 14.8. The maximum atomic E-state index is 6.78. The summed E-state index contributed by atoms with van der Waals surface area (Å²) >= 11 is 0. The normalized spacial score (nSPS) is 28.4. The topological polar surface area (TPSA) is 46.2 Å². The van der Waals surface area contributed by atoms with Gasteiger partial charge >= 0.3 is 0 Å². The number of ether oxygens (including phenoxy) is 5. The number of hydrogen-bond acceptors (Lipinski definition) is 5. The number of benzene rings is 3. The first kappa shape index (κ1) is 30.9. The van der Waals surface area contributed by atoms with E-state index in [1.165, 1.54) is 12.8 Å². The van der Waals surface area contributed by atoms with Crippen molar-refractivity contribution in [2.24, 2.45) is 11.3 Å². The second-order valence-corrected chi connectivity index (χ2v) is 13.0. The molecule has 2 aliphatic rings. The highest BCUT2D eigenvalue weighted by atomic mass is 16.7. The minimum absolute atomic E-state index is 0.139. The molecule has 0 unspecified atom stereocenters. The van der Waals surface area contributed by atoms with Crippen molar-refractivity contribution in [3.8, 4) is 0 Å². The average Bonchev–Trinajstić information content (AvgIpc) is 3.00. The van der Waals surface area contributed by atoms with E-state index < -0.39 is 12.4 Å². The van der Waals surface area contributed by atoms with Crippen LogP contribution in [0.1, 0.15) is 70.1 Å². The Morgan fingerprint density at radius 1 is 0.595 bits per heavy atom. The Labute approximate surface area is 252 Å². The largest absolute Gasteiger partial charge is 0.368 e. The van der Waals surface area contributed by atoms with Gasteiger partial charge in [-0.15, -0.1) is 0 Å². The summed E-state index contributed by atoms with van der Waals surface area (Å²) < 4.78 is 33.3. The third-order valence-electron chi connectivity index (χ3n) is 8.81. The van der Waals surface area contributed by atoms with Crippen LogP contribution in [0.4, 0.5) is 0 Å². The molecular formula is C37H48O5. The van der Waals surface area contributed by atoms with Crippen molar-refractivity contribution in [1.82, 2.24) is 0 Å². The smallest absolute Gasteiger partial charge is 0.187 e. The summed E-state index contributed by atoms with van der Waals surface area (Å²) in [6.07, 6.45) is 2.61. The van der Waals surface area contributed by atoms with E-state index in [9.17, 15) is 0 Å². The lowest BCUT2D eigenvalue weighted by Crippen LogP contribution is -2.60. The molecule has 3 aromatic carbocycles. The molecule has 0 amide bonds. The molecule has 1 saturated heterocycles. The quantitative estimate of drug-likeness (QED) is 0.232. The highest BCUT2D eigenvalue weighted by molar-refractivity contribution is 5.15. The van der Waals surface area contributed by atoms with Crippen molar-refractivity contribution >= 4 is 0 Å². The molecule has 0 radical (unpaired) electrons. The van der Waals surface area contributed by atoms with Crippen LogP contribution in [0.2, 0.25) is 0 Å². The molecule has 5 rings (SSSR count). The van der Waals surface area contributed by atoms with Crippen LogP contribution in [-0.2, 0) is 43.5 Å². The van der Waals surface area contributed by atoms with E-state index in [0.29, 0.717) is 31.2 Å². The number of hydrogen-bond donors (Lipinski definition) is 0. The highest BCUT2D eigenvalue weighted by Crippen LogP contribution is 2.40. The molecule has 1 heterocycles. The van der Waals surface area contributed by atoms with E-state index in [-0.39, 0.29) is 24.4 Å². The van der Waals surface area contributed by atoms with Crippen LogP contribution in [0.5, 0.6) is 0 Å². The first-order valence-corrected chi connectivity index (χ1v) is 15.6. The molecule has 1 aliphatic heterocycles. The Hall–Kier alpha value is -2.54. The number of rotatable bonds is 11. The van der Waals surface area contributed by atoms with Crippen molar-refractivity contribution in [3.05, 3.63) is 108 Å². The first-order valence-electron chi connectivity index (χ1n) is 15.6. The van der Waals surface area contributed by atoms with Gasteiger partial charge in [-0.25, -0.2) is 0 Å². The molecular weight excluding hydrogens is 524 g/mol. The van der Waals surface area contributed by atoms with E-state index in [4.69, 9.17) is 23.7 Å². The predicted molar refractivity (Wildman–Crippen MR) is 166 cm³/mol. The minimum atomic E-state index is -0.544. The van der Waals surface area contributed by atoms with Crippen LogP contribution in [0.15, 0.2) is 91.0 Å². The van der Waals surface area contributed by atoms with Gasteiger partial charge in [-0.1, -0.05) is 112 Å². The Kier molecular flexibility index (Phi) is 10.9. The van der Waals surface area contributed by atoms with Crippen LogP contribution in [-0.4, -0.2) is 36.8 Å². The van der Waals surface area contributed by atoms with Crippen molar-refractivity contribution in [1.29, 1.82) is 0 Å². The first-order chi connectivity index (χ1) is 20.4. The van der Waals surface area contributed by atoms with Gasteiger partial charge in [0.15, 0.2) is 6.29 Å². The van der Waals surface area contributed by atoms with Gasteiger partial charge in [-0.05, 0) is 60.6 Å². The molecule has 2 fully saturated rings. The SMILES string of the molecule is C[C@@H]1O[C@@H](OC2CCC(C(C)(C)C)CC2)[C@@H](OCc2ccccc2)[C@H](OCc2ccccc2)[C@@H]1OCc1ccccc1.